The third-order valence-corrected chi connectivity index (χ3v) is 11.6. The third kappa shape index (κ3) is 6.94. The van der Waals surface area contributed by atoms with E-state index in [1.165, 1.54) is 33.4 Å². The zero-order valence-corrected chi connectivity index (χ0v) is 35.3. The number of phenols is 2. The molecule has 2 nitrogen and oxygen atoms in total. The summed E-state index contributed by atoms with van der Waals surface area (Å²) in [4.78, 5) is 0. The van der Waals surface area contributed by atoms with Crippen LogP contribution in [0.4, 0.5) is 0 Å². The zero-order chi connectivity index (χ0) is 39.5. The molecular formula is C52H62O2. The topological polar surface area (TPSA) is 40.5 Å². The van der Waals surface area contributed by atoms with Crippen molar-refractivity contribution in [3.05, 3.63) is 117 Å². The van der Waals surface area contributed by atoms with E-state index in [-0.39, 0.29) is 35.2 Å². The Hall–Kier alpha value is -4.56. The van der Waals surface area contributed by atoms with Crippen LogP contribution in [-0.2, 0) is 0 Å². The van der Waals surface area contributed by atoms with Gasteiger partial charge in [0.25, 0.3) is 0 Å². The van der Waals surface area contributed by atoms with Gasteiger partial charge >= 0.3 is 0 Å². The van der Waals surface area contributed by atoms with E-state index < -0.39 is 0 Å². The van der Waals surface area contributed by atoms with Crippen LogP contribution in [0.15, 0.2) is 72.8 Å². The summed E-state index contributed by atoms with van der Waals surface area (Å²) in [5.41, 5.74) is 15.1. The van der Waals surface area contributed by atoms with Crippen molar-refractivity contribution in [3.63, 3.8) is 0 Å². The number of rotatable bonds is 9. The van der Waals surface area contributed by atoms with Crippen LogP contribution in [0.5, 0.6) is 11.5 Å². The molecule has 6 aromatic carbocycles. The predicted octanol–water partition coefficient (Wildman–Crippen LogP) is 15.8. The van der Waals surface area contributed by atoms with Gasteiger partial charge in [-0.15, -0.1) is 0 Å². The number of hydrogen-bond acceptors (Lipinski definition) is 2. The molecule has 0 bridgehead atoms. The van der Waals surface area contributed by atoms with Gasteiger partial charge < -0.3 is 10.2 Å². The van der Waals surface area contributed by atoms with Gasteiger partial charge in [-0.05, 0) is 128 Å². The lowest BCUT2D eigenvalue weighted by molar-refractivity contribution is 0.472. The molecular weight excluding hydrogens is 657 g/mol. The number of aryl methyl sites for hydroxylation is 2. The van der Waals surface area contributed by atoms with Gasteiger partial charge in [-0.3, -0.25) is 0 Å². The van der Waals surface area contributed by atoms with Crippen LogP contribution in [0.25, 0.3) is 54.9 Å². The van der Waals surface area contributed by atoms with Gasteiger partial charge in [0.05, 0.1) is 0 Å². The Morgan fingerprint density at radius 3 is 0.907 bits per heavy atom. The van der Waals surface area contributed by atoms with E-state index in [0.717, 1.165) is 54.9 Å². The summed E-state index contributed by atoms with van der Waals surface area (Å²) in [5, 5.41) is 30.0. The van der Waals surface area contributed by atoms with Crippen LogP contribution in [0.1, 0.15) is 163 Å². The maximum absolute atomic E-state index is 13.0. The molecule has 0 aliphatic heterocycles. The molecule has 0 aromatic heterocycles. The molecule has 6 rings (SSSR count). The fourth-order valence-corrected chi connectivity index (χ4v) is 8.45. The van der Waals surface area contributed by atoms with Crippen LogP contribution in [0.3, 0.4) is 0 Å². The molecule has 0 radical (unpaired) electrons. The van der Waals surface area contributed by atoms with Crippen LogP contribution < -0.4 is 0 Å². The van der Waals surface area contributed by atoms with E-state index in [2.05, 4.69) is 170 Å². The first-order chi connectivity index (χ1) is 25.4. The average Bonchev–Trinajstić information content (AvgIpc) is 3.10. The van der Waals surface area contributed by atoms with E-state index in [1.807, 2.05) is 0 Å². The normalized spacial score (nSPS) is 12.3. The monoisotopic (exact) mass is 718 g/mol. The molecule has 2 heteroatoms. The third-order valence-electron chi connectivity index (χ3n) is 11.6. The molecule has 0 saturated carbocycles. The highest BCUT2D eigenvalue weighted by Gasteiger charge is 2.29. The lowest BCUT2D eigenvalue weighted by atomic mass is 9.78. The Bertz CT molecular complexity index is 2150. The van der Waals surface area contributed by atoms with Gasteiger partial charge in [0.15, 0.2) is 0 Å². The van der Waals surface area contributed by atoms with E-state index in [4.69, 9.17) is 0 Å². The second-order valence-corrected chi connectivity index (χ2v) is 17.8. The van der Waals surface area contributed by atoms with Crippen LogP contribution >= 0.6 is 0 Å². The maximum atomic E-state index is 13.0. The average molecular weight is 719 g/mol. The SMILES string of the molecule is Cc1ccc2c(-c3c(O)c(-c4c(C(C)C)cc(C(C)C)cc4C(C)C)cc4cc(C)ccc34)c(O)c(-c3c(C(C)C)cc(C(C)C)cc3C(C)C)cc2c1. The highest BCUT2D eigenvalue weighted by Crippen LogP contribution is 2.54. The van der Waals surface area contributed by atoms with Crippen molar-refractivity contribution in [1.29, 1.82) is 0 Å². The van der Waals surface area contributed by atoms with Crippen molar-refractivity contribution in [2.24, 2.45) is 0 Å². The molecule has 282 valence electrons. The second-order valence-electron chi connectivity index (χ2n) is 17.8. The Morgan fingerprint density at radius 2 is 0.648 bits per heavy atom. The van der Waals surface area contributed by atoms with Gasteiger partial charge in [-0.25, -0.2) is 0 Å². The van der Waals surface area contributed by atoms with Crippen molar-refractivity contribution in [3.8, 4) is 44.9 Å². The Morgan fingerprint density at radius 1 is 0.352 bits per heavy atom. The summed E-state index contributed by atoms with van der Waals surface area (Å²) in [6.45, 7) is 31.3. The molecule has 0 aliphatic carbocycles. The van der Waals surface area contributed by atoms with Crippen LogP contribution in [0.2, 0.25) is 0 Å². The molecule has 0 spiro atoms. The smallest absolute Gasteiger partial charge is 0.132 e. The van der Waals surface area contributed by atoms with Crippen molar-refractivity contribution >= 4 is 21.5 Å². The highest BCUT2D eigenvalue weighted by molar-refractivity contribution is 6.14. The van der Waals surface area contributed by atoms with Crippen molar-refractivity contribution < 1.29 is 10.2 Å². The highest BCUT2D eigenvalue weighted by atomic mass is 16.3. The zero-order valence-electron chi connectivity index (χ0n) is 35.3. The quantitative estimate of drug-likeness (QED) is 0.156. The van der Waals surface area contributed by atoms with Gasteiger partial charge in [0, 0.05) is 22.3 Å². The van der Waals surface area contributed by atoms with Crippen molar-refractivity contribution in [1.82, 2.24) is 0 Å². The van der Waals surface area contributed by atoms with Gasteiger partial charge in [0.2, 0.25) is 0 Å². The fourth-order valence-electron chi connectivity index (χ4n) is 8.45. The summed E-state index contributed by atoms with van der Waals surface area (Å²) in [6, 6.07) is 26.7. The summed E-state index contributed by atoms with van der Waals surface area (Å²) >= 11 is 0. The van der Waals surface area contributed by atoms with Gasteiger partial charge in [-0.2, -0.15) is 0 Å². The number of fused-ring (bicyclic) bond motifs is 2. The van der Waals surface area contributed by atoms with Crippen molar-refractivity contribution in [2.45, 2.75) is 132 Å². The van der Waals surface area contributed by atoms with Crippen molar-refractivity contribution in [2.75, 3.05) is 0 Å². The molecule has 6 aromatic rings. The maximum Gasteiger partial charge on any atom is 0.132 e. The number of phenolic OH excluding ortho intramolecular Hbond substituents is 2. The van der Waals surface area contributed by atoms with E-state index >= 15 is 0 Å². The lowest BCUT2D eigenvalue weighted by Crippen LogP contribution is -2.05. The molecule has 54 heavy (non-hydrogen) atoms. The molecule has 0 fully saturated rings. The second kappa shape index (κ2) is 14.9. The predicted molar refractivity (Wildman–Crippen MR) is 235 cm³/mol. The van der Waals surface area contributed by atoms with Crippen LogP contribution in [-0.4, -0.2) is 10.2 Å². The summed E-state index contributed by atoms with van der Waals surface area (Å²) < 4.78 is 0. The first-order valence-electron chi connectivity index (χ1n) is 20.3. The molecule has 0 saturated heterocycles. The number of aromatic hydroxyl groups is 2. The summed E-state index contributed by atoms with van der Waals surface area (Å²) in [6.07, 6.45) is 0. The number of benzene rings is 6. The minimum atomic E-state index is 0.213. The lowest BCUT2D eigenvalue weighted by Gasteiger charge is -2.27. The standard InChI is InChI=1S/C52H62O2/c1-27(2)35-21-41(29(5)6)47(42(22-35)30(7)8)45-25-37-19-33(13)15-17-39(37)49(51(45)53)50-40-18-16-34(14)20-38(40)26-46(52(50)54)48-43(31(9)10)23-36(28(3)4)24-44(48)32(11)12/h15-32,53-54H,1-14H3. The Balaban J connectivity index is 1.85. The van der Waals surface area contributed by atoms with Crippen LogP contribution in [0, 0.1) is 13.8 Å². The van der Waals surface area contributed by atoms with Gasteiger partial charge in [-0.1, -0.05) is 155 Å². The molecule has 0 atom stereocenters. The minimum absolute atomic E-state index is 0.213. The first-order valence-corrected chi connectivity index (χ1v) is 20.3. The molecule has 0 unspecified atom stereocenters. The number of hydrogen-bond donors (Lipinski definition) is 2. The molecule has 0 aliphatic rings. The Kier molecular flexibility index (Phi) is 10.8. The van der Waals surface area contributed by atoms with E-state index in [9.17, 15) is 10.2 Å². The fraction of sp³-hybridized carbons (Fsp3) is 0.385. The summed E-state index contributed by atoms with van der Waals surface area (Å²) in [5.74, 6) is 2.16. The van der Waals surface area contributed by atoms with Gasteiger partial charge in [0.1, 0.15) is 11.5 Å². The minimum Gasteiger partial charge on any atom is -0.507 e. The summed E-state index contributed by atoms with van der Waals surface area (Å²) in [7, 11) is 0. The Labute approximate surface area is 325 Å². The molecule has 0 heterocycles. The molecule has 2 N–H and O–H groups in total. The largest absolute Gasteiger partial charge is 0.507 e. The van der Waals surface area contributed by atoms with E-state index in [0.29, 0.717) is 23.0 Å². The molecule has 0 amide bonds. The van der Waals surface area contributed by atoms with E-state index in [1.54, 1.807) is 0 Å². The first kappa shape index (κ1) is 39.1.